The maximum Gasteiger partial charge on any atom is 0.181 e. The fourth-order valence-corrected chi connectivity index (χ4v) is 3.89. The van der Waals surface area contributed by atoms with E-state index in [4.69, 9.17) is 22.4 Å². The third-order valence-electron chi connectivity index (χ3n) is 5.20. The number of halogens is 1. The van der Waals surface area contributed by atoms with Crippen molar-refractivity contribution in [3.63, 3.8) is 0 Å². The van der Waals surface area contributed by atoms with Crippen molar-refractivity contribution in [1.29, 1.82) is 0 Å². The molecule has 0 unspecified atom stereocenters. The Hall–Kier alpha value is -3.96. The molecular formula is C25H17ClN4O. The molecule has 5 rings (SSSR count). The zero-order valence-corrected chi connectivity index (χ0v) is 17.1. The van der Waals surface area contributed by atoms with Crippen molar-refractivity contribution in [3.05, 3.63) is 101 Å². The lowest BCUT2D eigenvalue weighted by atomic mass is 10.0. The molecule has 5 nitrogen and oxygen atoms in total. The fourth-order valence-electron chi connectivity index (χ4n) is 3.72. The number of phenols is 1. The maximum atomic E-state index is 10.9. The molecule has 0 aliphatic carbocycles. The molecule has 3 N–H and O–H groups in total. The molecule has 0 saturated carbocycles. The first kappa shape index (κ1) is 19.0. The summed E-state index contributed by atoms with van der Waals surface area (Å²) in [5, 5.41) is 17.9. The lowest BCUT2D eigenvalue weighted by Gasteiger charge is -2.13. The Bertz CT molecular complexity index is 1470. The molecule has 1 aromatic heterocycles. The van der Waals surface area contributed by atoms with Crippen molar-refractivity contribution in [2.45, 2.75) is 0 Å². The molecular weight excluding hydrogens is 408 g/mol. The maximum absolute atomic E-state index is 10.9. The second kappa shape index (κ2) is 7.70. The summed E-state index contributed by atoms with van der Waals surface area (Å²) < 4.78 is 0. The van der Waals surface area contributed by atoms with E-state index in [0.29, 0.717) is 38.7 Å². The van der Waals surface area contributed by atoms with Crippen molar-refractivity contribution in [1.82, 2.24) is 9.97 Å². The lowest BCUT2D eigenvalue weighted by Crippen LogP contribution is -2.12. The van der Waals surface area contributed by atoms with Crippen LogP contribution in [-0.2, 0) is 0 Å². The second-order valence-electron chi connectivity index (χ2n) is 7.08. The van der Waals surface area contributed by atoms with Gasteiger partial charge in [-0.3, -0.25) is 0 Å². The average Bonchev–Trinajstić information content (AvgIpc) is 2.81. The molecule has 6 heteroatoms. The standard InChI is InChI=1S/C25H17ClN4O/c26-17-11-13-21-20(14-17)22(16-7-2-1-3-8-16)29-25(28-21)23(30-27)19-12-10-15-6-4-5-9-18(15)24(19)31/h1-14,31H,27H2/b30-23+. The van der Waals surface area contributed by atoms with Gasteiger partial charge in [0.15, 0.2) is 5.82 Å². The van der Waals surface area contributed by atoms with Crippen molar-refractivity contribution in [2.75, 3.05) is 0 Å². The van der Waals surface area contributed by atoms with Gasteiger partial charge >= 0.3 is 0 Å². The van der Waals surface area contributed by atoms with Crippen LogP contribution in [0.25, 0.3) is 32.9 Å². The number of rotatable bonds is 3. The molecule has 150 valence electrons. The summed E-state index contributed by atoms with van der Waals surface area (Å²) in [6.07, 6.45) is 0. The van der Waals surface area contributed by atoms with Crippen LogP contribution in [0.4, 0.5) is 0 Å². The minimum atomic E-state index is 0.0864. The average molecular weight is 425 g/mol. The molecule has 0 fully saturated rings. The van der Waals surface area contributed by atoms with Crippen LogP contribution in [0.2, 0.25) is 5.02 Å². The van der Waals surface area contributed by atoms with Crippen LogP contribution >= 0.6 is 11.6 Å². The van der Waals surface area contributed by atoms with E-state index in [1.54, 1.807) is 12.1 Å². The first-order valence-electron chi connectivity index (χ1n) is 9.68. The van der Waals surface area contributed by atoms with Gasteiger partial charge in [0.25, 0.3) is 0 Å². The van der Waals surface area contributed by atoms with Crippen LogP contribution in [0.3, 0.4) is 0 Å². The Kier molecular flexibility index (Phi) is 4.73. The van der Waals surface area contributed by atoms with Crippen molar-refractivity contribution < 1.29 is 5.11 Å². The third-order valence-corrected chi connectivity index (χ3v) is 5.44. The Labute approximate surface area is 183 Å². The van der Waals surface area contributed by atoms with Crippen molar-refractivity contribution >= 4 is 39.0 Å². The number of fused-ring (bicyclic) bond motifs is 2. The summed E-state index contributed by atoms with van der Waals surface area (Å²) in [5.74, 6) is 6.19. The SMILES string of the molecule is N/N=C(/c1nc(-c2ccccc2)c2cc(Cl)ccc2n1)c1ccc2ccccc2c1O. The van der Waals surface area contributed by atoms with Crippen molar-refractivity contribution in [3.8, 4) is 17.0 Å². The Morgan fingerprint density at radius 2 is 1.61 bits per heavy atom. The topological polar surface area (TPSA) is 84.4 Å². The van der Waals surface area contributed by atoms with Crippen LogP contribution in [0, 0.1) is 0 Å². The molecule has 0 aliphatic rings. The van der Waals surface area contributed by atoms with Crippen LogP contribution in [0.5, 0.6) is 5.75 Å². The molecule has 0 bridgehead atoms. The molecule has 0 amide bonds. The van der Waals surface area contributed by atoms with Gasteiger partial charge in [0.1, 0.15) is 11.5 Å². The Morgan fingerprint density at radius 3 is 2.42 bits per heavy atom. The third kappa shape index (κ3) is 3.35. The lowest BCUT2D eigenvalue weighted by molar-refractivity contribution is 0.480. The van der Waals surface area contributed by atoms with Gasteiger partial charge in [-0.15, -0.1) is 0 Å². The number of aromatic nitrogens is 2. The van der Waals surface area contributed by atoms with Crippen LogP contribution in [0.15, 0.2) is 90.0 Å². The van der Waals surface area contributed by atoms with E-state index in [0.717, 1.165) is 16.3 Å². The summed E-state index contributed by atoms with van der Waals surface area (Å²) in [7, 11) is 0. The highest BCUT2D eigenvalue weighted by Crippen LogP contribution is 2.32. The molecule has 0 spiro atoms. The van der Waals surface area contributed by atoms with Crippen LogP contribution < -0.4 is 5.84 Å². The zero-order valence-electron chi connectivity index (χ0n) is 16.3. The highest BCUT2D eigenvalue weighted by atomic mass is 35.5. The van der Waals surface area contributed by atoms with Gasteiger partial charge in [-0.1, -0.05) is 72.3 Å². The van der Waals surface area contributed by atoms with Gasteiger partial charge in [-0.2, -0.15) is 5.10 Å². The molecule has 0 saturated heterocycles. The predicted octanol–water partition coefficient (Wildman–Crippen LogP) is 5.52. The van der Waals surface area contributed by atoms with E-state index < -0.39 is 0 Å². The summed E-state index contributed by atoms with van der Waals surface area (Å²) in [5.41, 5.74) is 3.10. The van der Waals surface area contributed by atoms with Crippen LogP contribution in [-0.4, -0.2) is 20.8 Å². The van der Waals surface area contributed by atoms with Gasteiger partial charge in [0, 0.05) is 26.9 Å². The predicted molar refractivity (Wildman–Crippen MR) is 125 cm³/mol. The van der Waals surface area contributed by atoms with E-state index in [-0.39, 0.29) is 5.75 Å². The molecule has 0 aliphatic heterocycles. The smallest absolute Gasteiger partial charge is 0.181 e. The van der Waals surface area contributed by atoms with Gasteiger partial charge in [-0.05, 0) is 29.7 Å². The fraction of sp³-hybridized carbons (Fsp3) is 0. The highest BCUT2D eigenvalue weighted by molar-refractivity contribution is 6.31. The number of hydrazone groups is 1. The molecule has 31 heavy (non-hydrogen) atoms. The van der Waals surface area contributed by atoms with E-state index in [9.17, 15) is 5.11 Å². The van der Waals surface area contributed by atoms with E-state index in [1.807, 2.05) is 72.8 Å². The molecule has 0 atom stereocenters. The summed E-state index contributed by atoms with van der Waals surface area (Å²) in [4.78, 5) is 9.47. The van der Waals surface area contributed by atoms with Crippen molar-refractivity contribution in [2.24, 2.45) is 10.9 Å². The highest BCUT2D eigenvalue weighted by Gasteiger charge is 2.19. The monoisotopic (exact) mass is 424 g/mol. The van der Waals surface area contributed by atoms with Gasteiger partial charge in [0.05, 0.1) is 11.2 Å². The minimum absolute atomic E-state index is 0.0864. The zero-order chi connectivity index (χ0) is 21.4. The summed E-state index contributed by atoms with van der Waals surface area (Å²) in [6.45, 7) is 0. The van der Waals surface area contributed by atoms with E-state index >= 15 is 0 Å². The quantitative estimate of drug-likeness (QED) is 0.227. The minimum Gasteiger partial charge on any atom is -0.507 e. The molecule has 1 heterocycles. The largest absolute Gasteiger partial charge is 0.507 e. The first-order valence-corrected chi connectivity index (χ1v) is 10.1. The molecule has 0 radical (unpaired) electrons. The number of hydrogen-bond donors (Lipinski definition) is 2. The molecule has 4 aromatic carbocycles. The van der Waals surface area contributed by atoms with Gasteiger partial charge in [-0.25, -0.2) is 9.97 Å². The second-order valence-corrected chi connectivity index (χ2v) is 7.52. The number of phenolic OH excluding ortho intramolecular Hbond substituents is 1. The van der Waals surface area contributed by atoms with E-state index in [2.05, 4.69) is 10.1 Å². The Balaban J connectivity index is 1.77. The van der Waals surface area contributed by atoms with Gasteiger partial charge < -0.3 is 10.9 Å². The number of hydrogen-bond acceptors (Lipinski definition) is 5. The normalized spacial score (nSPS) is 11.8. The molecule has 5 aromatic rings. The number of nitrogens with zero attached hydrogens (tertiary/aromatic N) is 3. The summed E-state index contributed by atoms with van der Waals surface area (Å²) in [6, 6.07) is 26.5. The Morgan fingerprint density at radius 1 is 0.839 bits per heavy atom. The van der Waals surface area contributed by atoms with Crippen LogP contribution in [0.1, 0.15) is 11.4 Å². The first-order chi connectivity index (χ1) is 15.2. The summed E-state index contributed by atoms with van der Waals surface area (Å²) >= 11 is 6.25. The van der Waals surface area contributed by atoms with Gasteiger partial charge in [0.2, 0.25) is 0 Å². The number of nitrogens with two attached hydrogens (primary N) is 1. The van der Waals surface area contributed by atoms with E-state index in [1.165, 1.54) is 0 Å². The number of aromatic hydroxyl groups is 1. The number of benzene rings is 4.